The predicted octanol–water partition coefficient (Wildman–Crippen LogP) is 1.69. The molecular formula is C10H11NO. The van der Waals surface area contributed by atoms with Gasteiger partial charge in [-0.1, -0.05) is 0 Å². The van der Waals surface area contributed by atoms with Crippen molar-refractivity contribution in [1.82, 2.24) is 0 Å². The van der Waals surface area contributed by atoms with E-state index in [-0.39, 0.29) is 0 Å². The summed E-state index contributed by atoms with van der Waals surface area (Å²) in [6.45, 7) is 0.867. The van der Waals surface area contributed by atoms with Crippen LogP contribution in [0.5, 0.6) is 5.75 Å². The van der Waals surface area contributed by atoms with Gasteiger partial charge in [-0.25, -0.2) is 0 Å². The monoisotopic (exact) mass is 161 g/mol. The molecule has 0 bridgehead atoms. The van der Waals surface area contributed by atoms with Crippen molar-refractivity contribution in [3.63, 3.8) is 0 Å². The number of anilines is 1. The van der Waals surface area contributed by atoms with Gasteiger partial charge in [0.1, 0.15) is 5.75 Å². The van der Waals surface area contributed by atoms with Gasteiger partial charge >= 0.3 is 0 Å². The summed E-state index contributed by atoms with van der Waals surface area (Å²) in [5, 5.41) is 0. The topological polar surface area (TPSA) is 35.2 Å². The first-order valence-corrected chi connectivity index (χ1v) is 4.33. The molecule has 2 heteroatoms. The molecule has 0 radical (unpaired) electrons. The highest BCUT2D eigenvalue weighted by Gasteiger charge is 2.50. The Bertz CT molecular complexity index is 342. The molecule has 1 fully saturated rings. The Morgan fingerprint density at radius 1 is 1.33 bits per heavy atom. The maximum absolute atomic E-state index is 5.72. The third-order valence-electron chi connectivity index (χ3n) is 2.93. The quantitative estimate of drug-likeness (QED) is 0.588. The van der Waals surface area contributed by atoms with Crippen molar-refractivity contribution in [3.05, 3.63) is 23.8 Å². The summed E-state index contributed by atoms with van der Waals surface area (Å²) in [5.74, 6) is 1.04. The zero-order valence-corrected chi connectivity index (χ0v) is 6.84. The molecule has 2 N–H and O–H groups in total. The van der Waals surface area contributed by atoms with E-state index in [4.69, 9.17) is 10.5 Å². The van der Waals surface area contributed by atoms with Crippen LogP contribution < -0.4 is 10.5 Å². The summed E-state index contributed by atoms with van der Waals surface area (Å²) >= 11 is 0. The molecule has 1 aliphatic heterocycles. The Morgan fingerprint density at radius 2 is 2.17 bits per heavy atom. The molecule has 0 saturated heterocycles. The Kier molecular flexibility index (Phi) is 0.932. The molecule has 2 aliphatic rings. The van der Waals surface area contributed by atoms with Crippen LogP contribution in [0.2, 0.25) is 0 Å². The van der Waals surface area contributed by atoms with Gasteiger partial charge in [0.15, 0.2) is 0 Å². The normalized spacial score (nSPS) is 22.0. The Morgan fingerprint density at radius 3 is 2.92 bits per heavy atom. The minimum atomic E-state index is 0.366. The van der Waals surface area contributed by atoms with Gasteiger partial charge in [-0.2, -0.15) is 0 Å². The van der Waals surface area contributed by atoms with Crippen LogP contribution in [0.4, 0.5) is 5.69 Å². The standard InChI is InChI=1S/C10H11NO/c11-7-1-2-9-8(5-7)10(3-4-10)6-12-9/h1-2,5H,3-4,6,11H2. The summed E-state index contributed by atoms with van der Waals surface area (Å²) in [6, 6.07) is 5.95. The molecule has 0 atom stereocenters. The molecule has 1 heterocycles. The van der Waals surface area contributed by atoms with Crippen LogP contribution in [0.25, 0.3) is 0 Å². The molecule has 12 heavy (non-hydrogen) atoms. The number of nitrogens with two attached hydrogens (primary N) is 1. The van der Waals surface area contributed by atoms with Gasteiger partial charge in [0.2, 0.25) is 0 Å². The number of ether oxygens (including phenoxy) is 1. The van der Waals surface area contributed by atoms with Crippen molar-refractivity contribution >= 4 is 5.69 Å². The Hall–Kier alpha value is -1.18. The highest BCUT2D eigenvalue weighted by molar-refractivity contribution is 5.55. The number of hydrogen-bond donors (Lipinski definition) is 1. The van der Waals surface area contributed by atoms with Crippen molar-refractivity contribution in [3.8, 4) is 5.75 Å². The van der Waals surface area contributed by atoms with Crippen LogP contribution in [0.3, 0.4) is 0 Å². The van der Waals surface area contributed by atoms with E-state index in [9.17, 15) is 0 Å². The third kappa shape index (κ3) is 0.649. The number of rotatable bonds is 0. The first kappa shape index (κ1) is 6.35. The lowest BCUT2D eigenvalue weighted by Gasteiger charge is -2.03. The summed E-state index contributed by atoms with van der Waals surface area (Å²) in [6.07, 6.45) is 2.53. The SMILES string of the molecule is Nc1ccc2c(c1)C1(CC1)CO2. The molecule has 0 amide bonds. The molecule has 1 aliphatic carbocycles. The lowest BCUT2D eigenvalue weighted by molar-refractivity contribution is 0.323. The van der Waals surface area contributed by atoms with Gasteiger partial charge in [-0.05, 0) is 31.0 Å². The van der Waals surface area contributed by atoms with Crippen LogP contribution in [0.15, 0.2) is 18.2 Å². The molecule has 2 nitrogen and oxygen atoms in total. The molecule has 0 unspecified atom stereocenters. The smallest absolute Gasteiger partial charge is 0.123 e. The molecule has 0 aromatic heterocycles. The van der Waals surface area contributed by atoms with E-state index in [1.165, 1.54) is 18.4 Å². The fourth-order valence-electron chi connectivity index (χ4n) is 1.95. The summed E-state index contributed by atoms with van der Waals surface area (Å²) in [4.78, 5) is 0. The van der Waals surface area contributed by atoms with Gasteiger partial charge in [0, 0.05) is 16.7 Å². The van der Waals surface area contributed by atoms with Crippen LogP contribution >= 0.6 is 0 Å². The lowest BCUT2D eigenvalue weighted by Crippen LogP contribution is -2.07. The second kappa shape index (κ2) is 1.76. The maximum atomic E-state index is 5.72. The summed E-state index contributed by atoms with van der Waals surface area (Å²) in [5.41, 5.74) is 8.28. The lowest BCUT2D eigenvalue weighted by atomic mass is 9.98. The Balaban J connectivity index is 2.20. The summed E-state index contributed by atoms with van der Waals surface area (Å²) in [7, 11) is 0. The molecular weight excluding hydrogens is 150 g/mol. The van der Waals surface area contributed by atoms with E-state index >= 15 is 0 Å². The molecule has 1 aromatic carbocycles. The number of benzene rings is 1. The highest BCUT2D eigenvalue weighted by atomic mass is 16.5. The van der Waals surface area contributed by atoms with Gasteiger partial charge in [-0.3, -0.25) is 0 Å². The van der Waals surface area contributed by atoms with Crippen LogP contribution in [-0.2, 0) is 5.41 Å². The number of hydrogen-bond acceptors (Lipinski definition) is 2. The van der Waals surface area contributed by atoms with Gasteiger partial charge in [0.05, 0.1) is 6.61 Å². The van der Waals surface area contributed by atoms with Gasteiger partial charge < -0.3 is 10.5 Å². The van der Waals surface area contributed by atoms with Crippen molar-refractivity contribution < 1.29 is 4.74 Å². The minimum absolute atomic E-state index is 0.366. The summed E-state index contributed by atoms with van der Waals surface area (Å²) < 4.78 is 5.58. The van der Waals surface area contributed by atoms with Gasteiger partial charge in [-0.15, -0.1) is 0 Å². The van der Waals surface area contributed by atoms with E-state index in [1.807, 2.05) is 12.1 Å². The van der Waals surface area contributed by atoms with Crippen LogP contribution in [0, 0.1) is 0 Å². The maximum Gasteiger partial charge on any atom is 0.123 e. The zero-order chi connectivity index (χ0) is 8.18. The molecule has 3 rings (SSSR count). The fraction of sp³-hybridized carbons (Fsp3) is 0.400. The average Bonchev–Trinajstić information content (AvgIpc) is 2.74. The van der Waals surface area contributed by atoms with E-state index < -0.39 is 0 Å². The van der Waals surface area contributed by atoms with E-state index in [0.29, 0.717) is 5.41 Å². The second-order valence-electron chi connectivity index (χ2n) is 3.82. The first-order valence-electron chi connectivity index (χ1n) is 4.33. The average molecular weight is 161 g/mol. The molecule has 1 aromatic rings. The largest absolute Gasteiger partial charge is 0.492 e. The van der Waals surface area contributed by atoms with E-state index in [0.717, 1.165) is 18.0 Å². The molecule has 1 spiro atoms. The van der Waals surface area contributed by atoms with Crippen LogP contribution in [0.1, 0.15) is 18.4 Å². The van der Waals surface area contributed by atoms with Crippen molar-refractivity contribution in [2.24, 2.45) is 0 Å². The van der Waals surface area contributed by atoms with Crippen molar-refractivity contribution in [1.29, 1.82) is 0 Å². The molecule has 1 saturated carbocycles. The first-order chi connectivity index (χ1) is 5.80. The Labute approximate surface area is 71.3 Å². The van der Waals surface area contributed by atoms with Crippen LogP contribution in [-0.4, -0.2) is 6.61 Å². The fourth-order valence-corrected chi connectivity index (χ4v) is 1.95. The highest BCUT2D eigenvalue weighted by Crippen LogP contribution is 2.55. The number of fused-ring (bicyclic) bond motifs is 2. The third-order valence-corrected chi connectivity index (χ3v) is 2.93. The number of nitrogen functional groups attached to an aromatic ring is 1. The van der Waals surface area contributed by atoms with Crippen molar-refractivity contribution in [2.75, 3.05) is 12.3 Å². The predicted molar refractivity (Wildman–Crippen MR) is 47.3 cm³/mol. The van der Waals surface area contributed by atoms with E-state index in [2.05, 4.69) is 6.07 Å². The zero-order valence-electron chi connectivity index (χ0n) is 6.84. The molecule has 62 valence electrons. The van der Waals surface area contributed by atoms with E-state index in [1.54, 1.807) is 0 Å². The van der Waals surface area contributed by atoms with Gasteiger partial charge in [0.25, 0.3) is 0 Å². The van der Waals surface area contributed by atoms with Crippen molar-refractivity contribution in [2.45, 2.75) is 18.3 Å². The second-order valence-corrected chi connectivity index (χ2v) is 3.82. The minimum Gasteiger partial charge on any atom is -0.492 e.